The number of nitrogens with one attached hydrogen (secondary N) is 3. The van der Waals surface area contributed by atoms with Gasteiger partial charge in [0, 0.05) is 30.2 Å². The first-order valence-corrected chi connectivity index (χ1v) is 10.4. The van der Waals surface area contributed by atoms with Gasteiger partial charge in [-0.15, -0.1) is 0 Å². The van der Waals surface area contributed by atoms with E-state index < -0.39 is 0 Å². The first-order chi connectivity index (χ1) is 13.2. The Morgan fingerprint density at radius 1 is 1.00 bits per heavy atom. The molecule has 3 saturated carbocycles. The molecule has 3 N–H and O–H groups in total. The van der Waals surface area contributed by atoms with E-state index in [1.807, 2.05) is 29.2 Å². The predicted molar refractivity (Wildman–Crippen MR) is 102 cm³/mol. The molecule has 2 atom stereocenters. The van der Waals surface area contributed by atoms with Crippen LogP contribution >= 0.6 is 0 Å². The quantitative estimate of drug-likeness (QED) is 0.685. The number of hydrogen-bond acceptors (Lipinski definition) is 4. The smallest absolute Gasteiger partial charge is 0.251 e. The van der Waals surface area contributed by atoms with Crippen LogP contribution in [0.25, 0.3) is 0 Å². The fourth-order valence-electron chi connectivity index (χ4n) is 3.98. The molecule has 0 radical (unpaired) electrons. The predicted octanol–water partition coefficient (Wildman–Crippen LogP) is 1.71. The van der Waals surface area contributed by atoms with Crippen molar-refractivity contribution in [1.82, 2.24) is 21.1 Å². The van der Waals surface area contributed by atoms with Crippen LogP contribution < -0.4 is 16.2 Å². The Morgan fingerprint density at radius 3 is 2.37 bits per heavy atom. The molecule has 2 amide bonds. The highest BCUT2D eigenvalue weighted by molar-refractivity contribution is 5.94. The summed E-state index contributed by atoms with van der Waals surface area (Å²) in [5.41, 5.74) is 8.34. The SMILES string of the molecule is O=C(NC1CC1)c1ccc(CN(C(=O)C2CC(C3CC3)NN2)C2CC2)cc1. The minimum Gasteiger partial charge on any atom is -0.349 e. The molecular weight excluding hydrogens is 340 g/mol. The average molecular weight is 368 g/mol. The first kappa shape index (κ1) is 17.2. The Kier molecular flexibility index (Phi) is 4.40. The summed E-state index contributed by atoms with van der Waals surface area (Å²) in [7, 11) is 0. The Labute approximate surface area is 160 Å². The number of benzene rings is 1. The van der Waals surface area contributed by atoms with Crippen LogP contribution in [0.4, 0.5) is 0 Å². The summed E-state index contributed by atoms with van der Waals surface area (Å²) < 4.78 is 0. The second-order valence-electron chi connectivity index (χ2n) is 8.66. The van der Waals surface area contributed by atoms with Crippen LogP contribution in [0.5, 0.6) is 0 Å². The van der Waals surface area contributed by atoms with Crippen molar-refractivity contribution in [2.45, 2.75) is 75.7 Å². The molecule has 0 aromatic heterocycles. The van der Waals surface area contributed by atoms with Crippen LogP contribution in [0.15, 0.2) is 24.3 Å². The molecule has 0 bridgehead atoms. The van der Waals surface area contributed by atoms with Gasteiger partial charge in [-0.1, -0.05) is 12.1 Å². The minimum atomic E-state index is -0.111. The van der Waals surface area contributed by atoms with Crippen molar-refractivity contribution in [3.05, 3.63) is 35.4 Å². The lowest BCUT2D eigenvalue weighted by molar-refractivity contribution is -0.134. The van der Waals surface area contributed by atoms with Gasteiger partial charge in [-0.25, -0.2) is 5.43 Å². The molecule has 4 fully saturated rings. The van der Waals surface area contributed by atoms with Gasteiger partial charge in [-0.3, -0.25) is 15.0 Å². The number of hydrazine groups is 1. The van der Waals surface area contributed by atoms with Crippen molar-refractivity contribution >= 4 is 11.8 Å². The largest absolute Gasteiger partial charge is 0.349 e. The monoisotopic (exact) mass is 368 g/mol. The van der Waals surface area contributed by atoms with Gasteiger partial charge in [0.2, 0.25) is 5.91 Å². The van der Waals surface area contributed by atoms with Crippen LogP contribution in [-0.2, 0) is 11.3 Å². The van der Waals surface area contributed by atoms with Crippen LogP contribution in [0, 0.1) is 5.92 Å². The average Bonchev–Trinajstić information content (AvgIpc) is 3.52. The first-order valence-electron chi connectivity index (χ1n) is 10.4. The summed E-state index contributed by atoms with van der Waals surface area (Å²) >= 11 is 0. The molecule has 1 saturated heterocycles. The Hall–Kier alpha value is -1.92. The summed E-state index contributed by atoms with van der Waals surface area (Å²) in [5.74, 6) is 0.967. The summed E-state index contributed by atoms with van der Waals surface area (Å²) in [6, 6.07) is 8.80. The maximum atomic E-state index is 13.1. The highest BCUT2D eigenvalue weighted by atomic mass is 16.2. The molecule has 1 aliphatic heterocycles. The lowest BCUT2D eigenvalue weighted by atomic mass is 10.0. The van der Waals surface area contributed by atoms with Crippen molar-refractivity contribution < 1.29 is 9.59 Å². The van der Waals surface area contributed by atoms with E-state index in [4.69, 9.17) is 0 Å². The summed E-state index contributed by atoms with van der Waals surface area (Å²) in [6.45, 7) is 0.625. The molecule has 2 unspecified atom stereocenters. The van der Waals surface area contributed by atoms with Gasteiger partial charge >= 0.3 is 0 Å². The lowest BCUT2D eigenvalue weighted by Crippen LogP contribution is -2.46. The van der Waals surface area contributed by atoms with Crippen molar-refractivity contribution in [3.63, 3.8) is 0 Å². The van der Waals surface area contributed by atoms with Crippen molar-refractivity contribution in [1.29, 1.82) is 0 Å². The molecule has 6 nitrogen and oxygen atoms in total. The van der Waals surface area contributed by atoms with E-state index in [1.165, 1.54) is 12.8 Å². The fourth-order valence-corrected chi connectivity index (χ4v) is 3.98. The Bertz CT molecular complexity index is 722. The molecule has 6 heteroatoms. The number of amides is 2. The molecule has 1 aromatic rings. The summed E-state index contributed by atoms with van der Waals surface area (Å²) in [5, 5.41) is 3.01. The number of rotatable bonds is 7. The Balaban J connectivity index is 1.21. The van der Waals surface area contributed by atoms with Crippen molar-refractivity contribution in [2.75, 3.05) is 0 Å². The van der Waals surface area contributed by atoms with Gasteiger partial charge in [-0.05, 0) is 68.6 Å². The zero-order valence-electron chi connectivity index (χ0n) is 15.6. The van der Waals surface area contributed by atoms with E-state index in [9.17, 15) is 9.59 Å². The third-order valence-electron chi connectivity index (χ3n) is 6.17. The van der Waals surface area contributed by atoms with Crippen LogP contribution in [0.3, 0.4) is 0 Å². The number of nitrogens with zero attached hydrogens (tertiary/aromatic N) is 1. The highest BCUT2D eigenvalue weighted by Gasteiger charge is 2.42. The van der Waals surface area contributed by atoms with E-state index in [0.717, 1.165) is 43.6 Å². The molecule has 3 aliphatic carbocycles. The van der Waals surface area contributed by atoms with E-state index in [-0.39, 0.29) is 17.9 Å². The van der Waals surface area contributed by atoms with Crippen LogP contribution in [0.1, 0.15) is 60.9 Å². The van der Waals surface area contributed by atoms with Gasteiger partial charge in [0.05, 0.1) is 0 Å². The van der Waals surface area contributed by atoms with Crippen LogP contribution in [-0.4, -0.2) is 40.9 Å². The number of carbonyl (C=O) groups excluding carboxylic acids is 2. The van der Waals surface area contributed by atoms with Gasteiger partial charge in [0.25, 0.3) is 5.91 Å². The standard InChI is InChI=1S/C21H28N4O2/c26-20(22-16-7-8-16)15-3-1-13(2-4-15)12-25(17-9-10-17)21(27)19-11-18(23-24-19)14-5-6-14/h1-4,14,16-19,23-24H,5-12H2,(H,22,26). The van der Waals surface area contributed by atoms with Gasteiger partial charge < -0.3 is 10.2 Å². The molecule has 144 valence electrons. The number of hydrogen-bond donors (Lipinski definition) is 3. The maximum Gasteiger partial charge on any atom is 0.251 e. The second kappa shape index (κ2) is 6.91. The molecule has 1 heterocycles. The molecular formula is C21H28N4O2. The van der Waals surface area contributed by atoms with Crippen LogP contribution in [0.2, 0.25) is 0 Å². The second-order valence-corrected chi connectivity index (χ2v) is 8.66. The lowest BCUT2D eigenvalue weighted by Gasteiger charge is -2.25. The van der Waals surface area contributed by atoms with E-state index >= 15 is 0 Å². The number of carbonyl (C=O) groups is 2. The zero-order valence-corrected chi connectivity index (χ0v) is 15.6. The van der Waals surface area contributed by atoms with E-state index in [1.54, 1.807) is 0 Å². The van der Waals surface area contributed by atoms with E-state index in [0.29, 0.717) is 30.2 Å². The molecule has 1 aromatic carbocycles. The van der Waals surface area contributed by atoms with E-state index in [2.05, 4.69) is 16.2 Å². The van der Waals surface area contributed by atoms with Gasteiger partial charge in [0.15, 0.2) is 0 Å². The summed E-state index contributed by atoms with van der Waals surface area (Å²) in [4.78, 5) is 27.2. The van der Waals surface area contributed by atoms with Crippen molar-refractivity contribution in [3.8, 4) is 0 Å². The topological polar surface area (TPSA) is 73.5 Å². The third kappa shape index (κ3) is 4.01. The van der Waals surface area contributed by atoms with Gasteiger partial charge in [0.1, 0.15) is 6.04 Å². The molecule has 4 aliphatic rings. The maximum absolute atomic E-state index is 13.1. The van der Waals surface area contributed by atoms with Gasteiger partial charge in [-0.2, -0.15) is 0 Å². The molecule has 27 heavy (non-hydrogen) atoms. The van der Waals surface area contributed by atoms with Crippen molar-refractivity contribution in [2.24, 2.45) is 5.92 Å². The third-order valence-corrected chi connectivity index (χ3v) is 6.17. The minimum absolute atomic E-state index is 0.00604. The summed E-state index contributed by atoms with van der Waals surface area (Å²) in [6.07, 6.45) is 7.84. The fraction of sp³-hybridized carbons (Fsp3) is 0.619. The normalized spacial score (nSPS) is 27.4. The zero-order chi connectivity index (χ0) is 18.4. The molecule has 0 spiro atoms. The Morgan fingerprint density at radius 2 is 1.74 bits per heavy atom. The molecule has 5 rings (SSSR count). The highest BCUT2D eigenvalue weighted by Crippen LogP contribution is 2.36.